The summed E-state index contributed by atoms with van der Waals surface area (Å²) in [6.07, 6.45) is 0.752. The molecule has 0 aliphatic rings. The average molecular weight is 286 g/mol. The molecule has 2 rings (SSSR count). The Labute approximate surface area is 122 Å². The van der Waals surface area contributed by atoms with Gasteiger partial charge in [-0.3, -0.25) is 4.79 Å². The normalized spacial score (nSPS) is 9.81. The highest BCUT2D eigenvalue weighted by atomic mass is 16.5. The van der Waals surface area contributed by atoms with E-state index in [-0.39, 0.29) is 0 Å². The van der Waals surface area contributed by atoms with Crippen LogP contribution < -0.4 is 9.47 Å². The second-order valence-electron chi connectivity index (χ2n) is 4.15. The van der Waals surface area contributed by atoms with Gasteiger partial charge in [-0.15, -0.1) is 0 Å². The van der Waals surface area contributed by atoms with E-state index in [0.717, 1.165) is 6.29 Å². The molecule has 0 aliphatic heterocycles. The predicted octanol–water partition coefficient (Wildman–Crippen LogP) is 3.09. The molecule has 21 heavy (non-hydrogen) atoms. The highest BCUT2D eigenvalue weighted by Crippen LogP contribution is 2.32. The standard InChI is InChI=1S/C16H14O5/c1-19-14-8-5-12(16(18)20-2)9-15(14)21-13-6-3-11(10-17)4-7-13/h3-10H,1-2H3. The molecule has 2 aromatic rings. The van der Waals surface area contributed by atoms with Crippen molar-refractivity contribution >= 4 is 12.3 Å². The summed E-state index contributed by atoms with van der Waals surface area (Å²) < 4.78 is 15.6. The van der Waals surface area contributed by atoms with Gasteiger partial charge in [-0.25, -0.2) is 4.79 Å². The maximum Gasteiger partial charge on any atom is 0.337 e. The van der Waals surface area contributed by atoms with Crippen LogP contribution in [-0.4, -0.2) is 26.5 Å². The Bertz CT molecular complexity index is 646. The summed E-state index contributed by atoms with van der Waals surface area (Å²) in [6.45, 7) is 0. The van der Waals surface area contributed by atoms with Crippen LogP contribution in [0.5, 0.6) is 17.2 Å². The minimum Gasteiger partial charge on any atom is -0.493 e. The Morgan fingerprint density at radius 2 is 1.71 bits per heavy atom. The molecule has 0 saturated carbocycles. The van der Waals surface area contributed by atoms with E-state index in [0.29, 0.717) is 28.4 Å². The molecule has 0 atom stereocenters. The SMILES string of the molecule is COC(=O)c1ccc(OC)c(Oc2ccc(C=O)cc2)c1. The maximum atomic E-state index is 11.5. The molecule has 0 saturated heterocycles. The lowest BCUT2D eigenvalue weighted by Crippen LogP contribution is -2.02. The van der Waals surface area contributed by atoms with Gasteiger partial charge in [0.2, 0.25) is 0 Å². The van der Waals surface area contributed by atoms with Crippen LogP contribution in [0.1, 0.15) is 20.7 Å². The molecule has 0 N–H and O–H groups in total. The van der Waals surface area contributed by atoms with Crippen molar-refractivity contribution in [2.75, 3.05) is 14.2 Å². The van der Waals surface area contributed by atoms with Crippen molar-refractivity contribution in [2.45, 2.75) is 0 Å². The fraction of sp³-hybridized carbons (Fsp3) is 0.125. The van der Waals surface area contributed by atoms with E-state index < -0.39 is 5.97 Å². The summed E-state index contributed by atoms with van der Waals surface area (Å²) in [7, 11) is 2.82. The number of aldehydes is 1. The molecule has 0 heterocycles. The Balaban J connectivity index is 2.31. The lowest BCUT2D eigenvalue weighted by Gasteiger charge is -2.11. The summed E-state index contributed by atoms with van der Waals surface area (Å²) in [5.41, 5.74) is 0.912. The van der Waals surface area contributed by atoms with Crippen LogP contribution >= 0.6 is 0 Å². The van der Waals surface area contributed by atoms with E-state index in [1.807, 2.05) is 0 Å². The summed E-state index contributed by atoms with van der Waals surface area (Å²) in [5.74, 6) is 0.945. The van der Waals surface area contributed by atoms with E-state index in [1.165, 1.54) is 20.3 Å². The number of ether oxygens (including phenoxy) is 3. The van der Waals surface area contributed by atoms with E-state index in [1.54, 1.807) is 36.4 Å². The minimum absolute atomic E-state index is 0.359. The Kier molecular flexibility index (Phi) is 4.56. The molecule has 0 unspecified atom stereocenters. The second kappa shape index (κ2) is 6.56. The first-order valence-corrected chi connectivity index (χ1v) is 6.17. The fourth-order valence-electron chi connectivity index (χ4n) is 1.74. The molecule has 0 fully saturated rings. The highest BCUT2D eigenvalue weighted by Gasteiger charge is 2.12. The molecule has 108 valence electrons. The summed E-state index contributed by atoms with van der Waals surface area (Å²) in [5, 5.41) is 0. The number of hydrogen-bond acceptors (Lipinski definition) is 5. The van der Waals surface area contributed by atoms with Gasteiger partial charge in [0.15, 0.2) is 11.5 Å². The Hall–Kier alpha value is -2.82. The number of benzene rings is 2. The van der Waals surface area contributed by atoms with Gasteiger partial charge in [0.05, 0.1) is 19.8 Å². The monoisotopic (exact) mass is 286 g/mol. The number of rotatable bonds is 5. The van der Waals surface area contributed by atoms with Crippen LogP contribution in [-0.2, 0) is 4.74 Å². The van der Waals surface area contributed by atoms with Crippen molar-refractivity contribution < 1.29 is 23.8 Å². The summed E-state index contributed by atoms with van der Waals surface area (Å²) in [6, 6.07) is 11.4. The number of carbonyl (C=O) groups excluding carboxylic acids is 2. The van der Waals surface area contributed by atoms with Gasteiger partial charge >= 0.3 is 5.97 Å². The van der Waals surface area contributed by atoms with Crippen molar-refractivity contribution in [1.82, 2.24) is 0 Å². The topological polar surface area (TPSA) is 61.8 Å². The molecule has 0 amide bonds. The number of methoxy groups -OCH3 is 2. The maximum absolute atomic E-state index is 11.5. The van der Waals surface area contributed by atoms with Crippen LogP contribution in [0, 0.1) is 0 Å². The average Bonchev–Trinajstić information content (AvgIpc) is 2.54. The number of esters is 1. The molecule has 2 aromatic carbocycles. The predicted molar refractivity (Wildman–Crippen MR) is 76.2 cm³/mol. The number of carbonyl (C=O) groups is 2. The lowest BCUT2D eigenvalue weighted by atomic mass is 10.2. The van der Waals surface area contributed by atoms with Crippen molar-refractivity contribution in [2.24, 2.45) is 0 Å². The third-order valence-corrected chi connectivity index (χ3v) is 2.83. The molecular formula is C16H14O5. The highest BCUT2D eigenvalue weighted by molar-refractivity contribution is 5.90. The molecule has 5 heteroatoms. The second-order valence-corrected chi connectivity index (χ2v) is 4.15. The lowest BCUT2D eigenvalue weighted by molar-refractivity contribution is 0.0600. The third-order valence-electron chi connectivity index (χ3n) is 2.83. The molecule has 0 aliphatic carbocycles. The number of hydrogen-bond donors (Lipinski definition) is 0. The molecule has 0 aromatic heterocycles. The van der Waals surface area contributed by atoms with Crippen LogP contribution in [0.3, 0.4) is 0 Å². The van der Waals surface area contributed by atoms with Gasteiger partial charge < -0.3 is 14.2 Å². The third kappa shape index (κ3) is 3.39. The molecule has 5 nitrogen and oxygen atoms in total. The van der Waals surface area contributed by atoms with Gasteiger partial charge in [0.25, 0.3) is 0 Å². The van der Waals surface area contributed by atoms with Crippen LogP contribution in [0.4, 0.5) is 0 Å². The largest absolute Gasteiger partial charge is 0.493 e. The molecular weight excluding hydrogens is 272 g/mol. The zero-order chi connectivity index (χ0) is 15.2. The van der Waals surface area contributed by atoms with Gasteiger partial charge in [-0.2, -0.15) is 0 Å². The van der Waals surface area contributed by atoms with Gasteiger partial charge in [0, 0.05) is 5.56 Å². The van der Waals surface area contributed by atoms with Crippen molar-refractivity contribution in [3.63, 3.8) is 0 Å². The minimum atomic E-state index is -0.459. The smallest absolute Gasteiger partial charge is 0.337 e. The zero-order valence-corrected chi connectivity index (χ0v) is 11.7. The quantitative estimate of drug-likeness (QED) is 0.624. The Morgan fingerprint density at radius 1 is 1.00 bits per heavy atom. The van der Waals surface area contributed by atoms with Crippen molar-refractivity contribution in [3.05, 3.63) is 53.6 Å². The van der Waals surface area contributed by atoms with Gasteiger partial charge in [-0.1, -0.05) is 0 Å². The van der Waals surface area contributed by atoms with Crippen molar-refractivity contribution in [3.8, 4) is 17.2 Å². The summed E-state index contributed by atoms with van der Waals surface area (Å²) in [4.78, 5) is 22.2. The molecule has 0 spiro atoms. The van der Waals surface area contributed by atoms with E-state index in [9.17, 15) is 9.59 Å². The van der Waals surface area contributed by atoms with Crippen molar-refractivity contribution in [1.29, 1.82) is 0 Å². The zero-order valence-electron chi connectivity index (χ0n) is 11.7. The van der Waals surface area contributed by atoms with Gasteiger partial charge in [-0.05, 0) is 42.5 Å². The molecule has 0 bridgehead atoms. The first-order chi connectivity index (χ1) is 10.2. The van der Waals surface area contributed by atoms with E-state index >= 15 is 0 Å². The molecule has 0 radical (unpaired) electrons. The van der Waals surface area contributed by atoms with E-state index in [2.05, 4.69) is 4.74 Å². The van der Waals surface area contributed by atoms with Crippen LogP contribution in [0.15, 0.2) is 42.5 Å². The first-order valence-electron chi connectivity index (χ1n) is 6.17. The first kappa shape index (κ1) is 14.6. The van der Waals surface area contributed by atoms with Crippen LogP contribution in [0.25, 0.3) is 0 Å². The Morgan fingerprint density at radius 3 is 2.29 bits per heavy atom. The van der Waals surface area contributed by atoms with Gasteiger partial charge in [0.1, 0.15) is 12.0 Å². The van der Waals surface area contributed by atoms with E-state index in [4.69, 9.17) is 9.47 Å². The summed E-state index contributed by atoms with van der Waals surface area (Å²) >= 11 is 0. The fourth-order valence-corrected chi connectivity index (χ4v) is 1.74. The van der Waals surface area contributed by atoms with Crippen LogP contribution in [0.2, 0.25) is 0 Å².